The fraction of sp³-hybridized carbons (Fsp3) is 0.600. The van der Waals surface area contributed by atoms with E-state index in [1.807, 2.05) is 13.1 Å². The summed E-state index contributed by atoms with van der Waals surface area (Å²) in [5, 5.41) is 3.54. The lowest BCUT2D eigenvalue weighted by molar-refractivity contribution is -0.123. The van der Waals surface area contributed by atoms with Gasteiger partial charge in [0.05, 0.1) is 0 Å². The first-order valence-electron chi connectivity index (χ1n) is 12.1. The summed E-state index contributed by atoms with van der Waals surface area (Å²) in [6.45, 7) is 9.15. The highest BCUT2D eigenvalue weighted by Crippen LogP contribution is 2.16. The number of piperazine rings is 1. The van der Waals surface area contributed by atoms with E-state index in [0.717, 1.165) is 90.5 Å². The Hall–Kier alpha value is -1.65. The van der Waals surface area contributed by atoms with Crippen molar-refractivity contribution in [2.24, 2.45) is 16.6 Å². The smallest absolute Gasteiger partial charge is 0.220 e. The van der Waals surface area contributed by atoms with Gasteiger partial charge in [-0.1, -0.05) is 42.5 Å². The van der Waals surface area contributed by atoms with E-state index in [-0.39, 0.29) is 35.8 Å². The lowest BCUT2D eigenvalue weighted by Gasteiger charge is -2.36. The number of likely N-dealkylation sites (tertiary alicyclic amines) is 1. The number of guanidine groups is 1. The van der Waals surface area contributed by atoms with Gasteiger partial charge >= 0.3 is 0 Å². The summed E-state index contributed by atoms with van der Waals surface area (Å²) in [6.07, 6.45) is 8.57. The third-order valence-electron chi connectivity index (χ3n) is 6.53. The summed E-state index contributed by atoms with van der Waals surface area (Å²) < 4.78 is 0. The molecule has 0 atom stereocenters. The fourth-order valence-electron chi connectivity index (χ4n) is 4.48. The highest BCUT2D eigenvalue weighted by atomic mass is 127. The maximum absolute atomic E-state index is 11.3. The van der Waals surface area contributed by atoms with Gasteiger partial charge < -0.3 is 20.9 Å². The van der Waals surface area contributed by atoms with Crippen molar-refractivity contribution < 1.29 is 4.79 Å². The Balaban J connectivity index is 0.00000385. The van der Waals surface area contributed by atoms with E-state index in [9.17, 15) is 4.79 Å². The van der Waals surface area contributed by atoms with Crippen molar-refractivity contribution in [3.8, 4) is 0 Å². The van der Waals surface area contributed by atoms with Crippen LogP contribution < -0.4 is 11.1 Å². The van der Waals surface area contributed by atoms with Gasteiger partial charge in [-0.25, -0.2) is 0 Å². The Kier molecular flexibility index (Phi) is 12.8. The molecule has 8 heteroatoms. The first-order valence-corrected chi connectivity index (χ1v) is 12.1. The van der Waals surface area contributed by atoms with Gasteiger partial charge in [0.15, 0.2) is 5.96 Å². The minimum absolute atomic E-state index is 0. The lowest BCUT2D eigenvalue weighted by Crippen LogP contribution is -2.52. The first kappa shape index (κ1) is 27.6. The van der Waals surface area contributed by atoms with Gasteiger partial charge in [0.2, 0.25) is 5.91 Å². The monoisotopic (exact) mass is 568 g/mol. The standard InChI is InChI=1S/C25H40N6O.HI/c1-27-25(28-13-5-6-14-29-16-11-23(12-17-29)24(26)32)31-20-18-30(19-21-31)15-7-10-22-8-3-2-4-9-22;/h2-4,7-10,23H,5-6,11-21H2,1H3,(H2,26,32)(H,27,28);1H/b10-7+;. The number of carbonyl (C=O) groups excluding carboxylic acids is 1. The molecule has 2 fully saturated rings. The minimum atomic E-state index is -0.135. The summed E-state index contributed by atoms with van der Waals surface area (Å²) in [4.78, 5) is 23.1. The minimum Gasteiger partial charge on any atom is -0.369 e. The quantitative estimate of drug-likeness (QED) is 0.207. The molecular formula is C25H41IN6O. The Morgan fingerprint density at radius 3 is 2.39 bits per heavy atom. The van der Waals surface area contributed by atoms with Crippen molar-refractivity contribution >= 4 is 41.9 Å². The normalized spacial score (nSPS) is 18.9. The van der Waals surface area contributed by atoms with E-state index in [2.05, 4.69) is 61.4 Å². The van der Waals surface area contributed by atoms with Crippen LogP contribution in [0.1, 0.15) is 31.2 Å². The molecule has 0 bridgehead atoms. The highest BCUT2D eigenvalue weighted by molar-refractivity contribution is 14.0. The molecule has 1 aromatic carbocycles. The van der Waals surface area contributed by atoms with E-state index in [1.165, 1.54) is 5.56 Å². The Labute approximate surface area is 216 Å². The van der Waals surface area contributed by atoms with Gasteiger partial charge in [0.1, 0.15) is 0 Å². The van der Waals surface area contributed by atoms with Crippen molar-refractivity contribution in [2.75, 3.05) is 66.0 Å². The maximum Gasteiger partial charge on any atom is 0.220 e. The van der Waals surface area contributed by atoms with Crippen LogP contribution in [-0.2, 0) is 4.79 Å². The molecule has 2 heterocycles. The predicted octanol–water partition coefficient (Wildman–Crippen LogP) is 2.49. The first-order chi connectivity index (χ1) is 15.7. The summed E-state index contributed by atoms with van der Waals surface area (Å²) in [7, 11) is 1.88. The molecular weight excluding hydrogens is 527 g/mol. The number of carbonyl (C=O) groups is 1. The molecule has 184 valence electrons. The molecule has 0 unspecified atom stereocenters. The number of halogens is 1. The molecule has 1 aromatic rings. The van der Waals surface area contributed by atoms with Gasteiger partial charge in [-0.3, -0.25) is 14.7 Å². The third kappa shape index (κ3) is 9.62. The van der Waals surface area contributed by atoms with Crippen LogP contribution in [0.15, 0.2) is 41.4 Å². The summed E-state index contributed by atoms with van der Waals surface area (Å²) >= 11 is 0. The number of amides is 1. The van der Waals surface area contributed by atoms with Gasteiger partial charge in [0.25, 0.3) is 0 Å². The molecule has 0 aromatic heterocycles. The molecule has 7 nitrogen and oxygen atoms in total. The second-order valence-corrected chi connectivity index (χ2v) is 8.80. The van der Waals surface area contributed by atoms with Crippen LogP contribution >= 0.6 is 24.0 Å². The Morgan fingerprint density at radius 1 is 1.06 bits per heavy atom. The van der Waals surface area contributed by atoms with E-state index < -0.39 is 0 Å². The number of rotatable bonds is 9. The van der Waals surface area contributed by atoms with E-state index in [4.69, 9.17) is 5.73 Å². The van der Waals surface area contributed by atoms with Crippen LogP contribution in [0.3, 0.4) is 0 Å². The average molecular weight is 569 g/mol. The zero-order valence-corrected chi connectivity index (χ0v) is 22.3. The molecule has 0 spiro atoms. The second kappa shape index (κ2) is 15.3. The maximum atomic E-state index is 11.3. The second-order valence-electron chi connectivity index (χ2n) is 8.80. The highest BCUT2D eigenvalue weighted by Gasteiger charge is 2.22. The topological polar surface area (TPSA) is 77.2 Å². The molecule has 0 aliphatic carbocycles. The summed E-state index contributed by atoms with van der Waals surface area (Å²) in [5.74, 6) is 0.966. The van der Waals surface area contributed by atoms with E-state index in [1.54, 1.807) is 0 Å². The SMILES string of the molecule is CN=C(NCCCCN1CCC(C(N)=O)CC1)N1CCN(C/C=C/c2ccccc2)CC1.I. The zero-order chi connectivity index (χ0) is 22.6. The van der Waals surface area contributed by atoms with E-state index in [0.29, 0.717) is 0 Å². The molecule has 1 amide bonds. The molecule has 2 saturated heterocycles. The number of unbranched alkanes of at least 4 members (excludes halogenated alkanes) is 1. The lowest BCUT2D eigenvalue weighted by atomic mass is 9.96. The Morgan fingerprint density at radius 2 is 1.76 bits per heavy atom. The Bertz CT molecular complexity index is 741. The fourth-order valence-corrected chi connectivity index (χ4v) is 4.48. The number of nitrogens with zero attached hydrogens (tertiary/aromatic N) is 4. The number of nitrogens with one attached hydrogen (secondary N) is 1. The van der Waals surface area contributed by atoms with Crippen molar-refractivity contribution in [3.05, 3.63) is 42.0 Å². The molecule has 0 radical (unpaired) electrons. The molecule has 0 saturated carbocycles. The summed E-state index contributed by atoms with van der Waals surface area (Å²) in [5.41, 5.74) is 6.68. The molecule has 2 aliphatic rings. The molecule has 3 N–H and O–H groups in total. The van der Waals surface area contributed by atoms with Crippen molar-refractivity contribution in [2.45, 2.75) is 25.7 Å². The third-order valence-corrected chi connectivity index (χ3v) is 6.53. The van der Waals surface area contributed by atoms with Crippen molar-refractivity contribution in [1.82, 2.24) is 20.0 Å². The average Bonchev–Trinajstić information content (AvgIpc) is 2.83. The molecule has 3 rings (SSSR count). The number of benzene rings is 1. The van der Waals surface area contributed by atoms with Gasteiger partial charge in [-0.15, -0.1) is 24.0 Å². The van der Waals surface area contributed by atoms with Crippen molar-refractivity contribution in [3.63, 3.8) is 0 Å². The number of piperidine rings is 1. The van der Waals surface area contributed by atoms with Gasteiger partial charge in [0, 0.05) is 52.2 Å². The number of nitrogens with two attached hydrogens (primary N) is 1. The van der Waals surface area contributed by atoms with E-state index >= 15 is 0 Å². The van der Waals surface area contributed by atoms with Gasteiger partial charge in [-0.2, -0.15) is 0 Å². The number of primary amides is 1. The van der Waals surface area contributed by atoms with Crippen LogP contribution in [0.4, 0.5) is 0 Å². The molecule has 33 heavy (non-hydrogen) atoms. The van der Waals surface area contributed by atoms with Gasteiger partial charge in [-0.05, 0) is 50.9 Å². The zero-order valence-electron chi connectivity index (χ0n) is 20.0. The molecule has 2 aliphatic heterocycles. The van der Waals surface area contributed by atoms with Crippen LogP contribution in [0, 0.1) is 5.92 Å². The van der Waals surface area contributed by atoms with Crippen molar-refractivity contribution in [1.29, 1.82) is 0 Å². The predicted molar refractivity (Wildman–Crippen MR) is 148 cm³/mol. The largest absolute Gasteiger partial charge is 0.369 e. The number of aliphatic imine (C=N–C) groups is 1. The van der Waals surface area contributed by atoms with Crippen LogP contribution in [0.5, 0.6) is 0 Å². The summed E-state index contributed by atoms with van der Waals surface area (Å²) in [6, 6.07) is 10.5. The van der Waals surface area contributed by atoms with Crippen LogP contribution in [0.25, 0.3) is 6.08 Å². The van der Waals surface area contributed by atoms with Crippen LogP contribution in [-0.4, -0.2) is 92.5 Å². The van der Waals surface area contributed by atoms with Crippen LogP contribution in [0.2, 0.25) is 0 Å². The number of hydrogen-bond donors (Lipinski definition) is 2. The number of hydrogen-bond acceptors (Lipinski definition) is 4.